The van der Waals surface area contributed by atoms with Gasteiger partial charge in [0.05, 0.1) is 17.6 Å². The molecule has 3 aromatic rings. The third-order valence-electron chi connectivity index (χ3n) is 4.36. The van der Waals surface area contributed by atoms with Crippen molar-refractivity contribution >= 4 is 17.5 Å². The fourth-order valence-electron chi connectivity index (χ4n) is 2.88. The SMILES string of the molecule is N#Cc1ccc(CC(C(N)=O)c2ccc(-c3ccc(Cl)cc3)cc2)cc1. The summed E-state index contributed by atoms with van der Waals surface area (Å²) in [6.45, 7) is 0. The van der Waals surface area contributed by atoms with Gasteiger partial charge in [-0.25, -0.2) is 0 Å². The molecular weight excluding hydrogens is 344 g/mol. The van der Waals surface area contributed by atoms with Gasteiger partial charge in [-0.3, -0.25) is 4.79 Å². The van der Waals surface area contributed by atoms with Crippen molar-refractivity contribution in [2.24, 2.45) is 5.73 Å². The van der Waals surface area contributed by atoms with Crippen LogP contribution in [0.4, 0.5) is 0 Å². The Kier molecular flexibility index (Phi) is 5.36. The molecule has 0 aliphatic carbocycles. The van der Waals surface area contributed by atoms with Crippen LogP contribution in [0.25, 0.3) is 11.1 Å². The van der Waals surface area contributed by atoms with Crippen molar-refractivity contribution in [3.63, 3.8) is 0 Å². The molecule has 1 amide bonds. The molecule has 0 heterocycles. The number of hydrogen-bond donors (Lipinski definition) is 1. The van der Waals surface area contributed by atoms with Gasteiger partial charge in [0.1, 0.15) is 0 Å². The van der Waals surface area contributed by atoms with Gasteiger partial charge in [0.2, 0.25) is 5.91 Å². The van der Waals surface area contributed by atoms with Gasteiger partial charge >= 0.3 is 0 Å². The number of rotatable bonds is 5. The van der Waals surface area contributed by atoms with E-state index < -0.39 is 5.92 Å². The fourth-order valence-corrected chi connectivity index (χ4v) is 3.01. The summed E-state index contributed by atoms with van der Waals surface area (Å²) in [6, 6.07) is 24.7. The number of benzene rings is 3. The Labute approximate surface area is 157 Å². The lowest BCUT2D eigenvalue weighted by Crippen LogP contribution is -2.23. The third kappa shape index (κ3) is 4.11. The first-order valence-corrected chi connectivity index (χ1v) is 8.59. The van der Waals surface area contributed by atoms with Crippen LogP contribution in [0, 0.1) is 11.3 Å². The van der Waals surface area contributed by atoms with E-state index in [0.717, 1.165) is 22.3 Å². The first kappa shape index (κ1) is 17.7. The summed E-state index contributed by atoms with van der Waals surface area (Å²) in [5, 5.41) is 9.58. The van der Waals surface area contributed by atoms with E-state index in [1.54, 1.807) is 12.1 Å². The van der Waals surface area contributed by atoms with E-state index in [9.17, 15) is 4.79 Å². The van der Waals surface area contributed by atoms with Crippen LogP contribution in [0.15, 0.2) is 72.8 Å². The lowest BCUT2D eigenvalue weighted by Gasteiger charge is -2.15. The standard InChI is InChI=1S/C22H17ClN2O/c23-20-11-9-18(10-12-20)17-5-7-19(8-6-17)21(22(25)26)13-15-1-3-16(14-24)4-2-15/h1-12,21H,13H2,(H2,25,26). The highest BCUT2D eigenvalue weighted by molar-refractivity contribution is 6.30. The maximum atomic E-state index is 12.0. The molecule has 1 unspecified atom stereocenters. The van der Waals surface area contributed by atoms with Gasteiger partial charge in [-0.1, -0.05) is 60.1 Å². The number of halogens is 1. The molecule has 0 saturated carbocycles. The molecule has 4 heteroatoms. The third-order valence-corrected chi connectivity index (χ3v) is 4.61. The molecule has 0 aromatic heterocycles. The van der Waals surface area contributed by atoms with Gasteiger partial charge in [0, 0.05) is 5.02 Å². The molecule has 2 N–H and O–H groups in total. The molecule has 0 aliphatic rings. The molecule has 3 aromatic carbocycles. The van der Waals surface area contributed by atoms with E-state index in [1.807, 2.05) is 60.7 Å². The molecule has 0 saturated heterocycles. The quantitative estimate of drug-likeness (QED) is 0.717. The maximum Gasteiger partial charge on any atom is 0.225 e. The fraction of sp³-hybridized carbons (Fsp3) is 0.0909. The highest BCUT2D eigenvalue weighted by Crippen LogP contribution is 2.26. The van der Waals surface area contributed by atoms with Crippen LogP contribution in [0.5, 0.6) is 0 Å². The minimum absolute atomic E-state index is 0.367. The van der Waals surface area contributed by atoms with Crippen LogP contribution < -0.4 is 5.73 Å². The van der Waals surface area contributed by atoms with Crippen LogP contribution in [-0.2, 0) is 11.2 Å². The van der Waals surface area contributed by atoms with Crippen molar-refractivity contribution in [3.8, 4) is 17.2 Å². The molecule has 0 aliphatic heterocycles. The number of amides is 1. The zero-order chi connectivity index (χ0) is 18.5. The summed E-state index contributed by atoms with van der Waals surface area (Å²) in [6.07, 6.45) is 0.501. The first-order chi connectivity index (χ1) is 12.6. The van der Waals surface area contributed by atoms with Gasteiger partial charge in [-0.2, -0.15) is 5.26 Å². The number of nitrogens with two attached hydrogens (primary N) is 1. The summed E-state index contributed by atoms with van der Waals surface area (Å²) in [5.74, 6) is -0.782. The Hall–Kier alpha value is -3.09. The van der Waals surface area contributed by atoms with E-state index in [1.165, 1.54) is 0 Å². The lowest BCUT2D eigenvalue weighted by molar-refractivity contribution is -0.119. The van der Waals surface area contributed by atoms with Crippen molar-refractivity contribution in [2.45, 2.75) is 12.3 Å². The van der Waals surface area contributed by atoms with Crippen LogP contribution in [0.3, 0.4) is 0 Å². The first-order valence-electron chi connectivity index (χ1n) is 8.21. The molecule has 1 atom stereocenters. The van der Waals surface area contributed by atoms with Gasteiger partial charge in [-0.05, 0) is 52.9 Å². The molecule has 128 valence electrons. The largest absolute Gasteiger partial charge is 0.369 e. The van der Waals surface area contributed by atoms with Crippen LogP contribution in [0.1, 0.15) is 22.6 Å². The lowest BCUT2D eigenvalue weighted by atomic mass is 9.90. The van der Waals surface area contributed by atoms with Gasteiger partial charge in [-0.15, -0.1) is 0 Å². The van der Waals surface area contributed by atoms with Crippen LogP contribution in [-0.4, -0.2) is 5.91 Å². The predicted octanol–water partition coefficient (Wildman–Crippen LogP) is 4.69. The summed E-state index contributed by atoms with van der Waals surface area (Å²) in [5.41, 5.74) is 10.2. The van der Waals surface area contributed by atoms with Gasteiger partial charge in [0.25, 0.3) is 0 Å². The highest BCUT2D eigenvalue weighted by Gasteiger charge is 2.18. The Morgan fingerprint density at radius 2 is 1.46 bits per heavy atom. The molecule has 0 fully saturated rings. The van der Waals surface area contributed by atoms with E-state index >= 15 is 0 Å². The van der Waals surface area contributed by atoms with E-state index in [-0.39, 0.29) is 5.91 Å². The number of nitriles is 1. The summed E-state index contributed by atoms with van der Waals surface area (Å²) < 4.78 is 0. The highest BCUT2D eigenvalue weighted by atomic mass is 35.5. The van der Waals surface area contributed by atoms with Gasteiger partial charge < -0.3 is 5.73 Å². The molecule has 0 spiro atoms. The summed E-state index contributed by atoms with van der Waals surface area (Å²) >= 11 is 5.93. The smallest absolute Gasteiger partial charge is 0.225 e. The molecule has 3 rings (SSSR count). The second kappa shape index (κ2) is 7.86. The topological polar surface area (TPSA) is 66.9 Å². The number of nitrogens with zero attached hydrogens (tertiary/aromatic N) is 1. The van der Waals surface area contributed by atoms with Crippen LogP contribution >= 0.6 is 11.6 Å². The number of primary amides is 1. The molecular formula is C22H17ClN2O. The second-order valence-electron chi connectivity index (χ2n) is 6.10. The minimum Gasteiger partial charge on any atom is -0.369 e. The summed E-state index contributed by atoms with van der Waals surface area (Å²) in [4.78, 5) is 12.0. The Balaban J connectivity index is 1.82. The van der Waals surface area contributed by atoms with E-state index in [4.69, 9.17) is 22.6 Å². The zero-order valence-corrected chi connectivity index (χ0v) is 14.8. The van der Waals surface area contributed by atoms with Crippen molar-refractivity contribution in [1.82, 2.24) is 0 Å². The monoisotopic (exact) mass is 360 g/mol. The van der Waals surface area contributed by atoms with Crippen molar-refractivity contribution in [3.05, 3.63) is 94.5 Å². The number of carbonyl (C=O) groups is 1. The maximum absolute atomic E-state index is 12.0. The average Bonchev–Trinajstić information content (AvgIpc) is 2.67. The second-order valence-corrected chi connectivity index (χ2v) is 6.53. The molecule has 26 heavy (non-hydrogen) atoms. The van der Waals surface area contributed by atoms with Crippen LogP contribution in [0.2, 0.25) is 5.02 Å². The van der Waals surface area contributed by atoms with Crippen molar-refractivity contribution in [1.29, 1.82) is 5.26 Å². The Morgan fingerprint density at radius 1 is 0.923 bits per heavy atom. The van der Waals surface area contributed by atoms with E-state index in [2.05, 4.69) is 6.07 Å². The number of hydrogen-bond acceptors (Lipinski definition) is 2. The average molecular weight is 361 g/mol. The Bertz CT molecular complexity index is 939. The minimum atomic E-state index is -0.415. The molecule has 0 radical (unpaired) electrons. The molecule has 3 nitrogen and oxygen atoms in total. The predicted molar refractivity (Wildman–Crippen MR) is 104 cm³/mol. The molecule has 0 bridgehead atoms. The summed E-state index contributed by atoms with van der Waals surface area (Å²) in [7, 11) is 0. The van der Waals surface area contributed by atoms with Gasteiger partial charge in [0.15, 0.2) is 0 Å². The normalized spacial score (nSPS) is 11.5. The number of carbonyl (C=O) groups excluding carboxylic acids is 1. The van der Waals surface area contributed by atoms with Crippen molar-refractivity contribution < 1.29 is 4.79 Å². The Morgan fingerprint density at radius 3 is 1.96 bits per heavy atom. The van der Waals surface area contributed by atoms with E-state index in [0.29, 0.717) is 17.0 Å². The van der Waals surface area contributed by atoms with Crippen molar-refractivity contribution in [2.75, 3.05) is 0 Å². The zero-order valence-electron chi connectivity index (χ0n) is 14.0.